The van der Waals surface area contributed by atoms with Gasteiger partial charge in [0, 0.05) is 17.9 Å². The predicted molar refractivity (Wildman–Crippen MR) is 69.7 cm³/mol. The van der Waals surface area contributed by atoms with Crippen molar-refractivity contribution < 1.29 is 0 Å². The lowest BCUT2D eigenvalue weighted by atomic mass is 9.92. The van der Waals surface area contributed by atoms with Crippen molar-refractivity contribution in [2.24, 2.45) is 0 Å². The first-order chi connectivity index (χ1) is 7.29. The summed E-state index contributed by atoms with van der Waals surface area (Å²) in [5, 5.41) is 0. The van der Waals surface area contributed by atoms with Crippen molar-refractivity contribution in [3.63, 3.8) is 0 Å². The van der Waals surface area contributed by atoms with Gasteiger partial charge in [0.1, 0.15) is 11.6 Å². The van der Waals surface area contributed by atoms with Crippen LogP contribution < -0.4 is 5.73 Å². The summed E-state index contributed by atoms with van der Waals surface area (Å²) < 4.78 is 2.17. The van der Waals surface area contributed by atoms with Crippen molar-refractivity contribution in [3.05, 3.63) is 11.5 Å². The number of nitrogens with two attached hydrogens (primary N) is 1. The number of hydrogen-bond acceptors (Lipinski definition) is 2. The average molecular weight is 223 g/mol. The Morgan fingerprint density at radius 3 is 2.25 bits per heavy atom. The van der Waals surface area contributed by atoms with Gasteiger partial charge in [-0.05, 0) is 6.42 Å². The number of imidazole rings is 1. The van der Waals surface area contributed by atoms with E-state index < -0.39 is 0 Å². The Labute approximate surface area is 99.1 Å². The maximum Gasteiger partial charge on any atom is 0.127 e. The average Bonchev–Trinajstić information content (AvgIpc) is 2.44. The molecule has 3 nitrogen and oxygen atoms in total. The van der Waals surface area contributed by atoms with Crippen molar-refractivity contribution in [3.8, 4) is 0 Å². The van der Waals surface area contributed by atoms with Crippen LogP contribution in [0.2, 0.25) is 0 Å². The quantitative estimate of drug-likeness (QED) is 0.854. The van der Waals surface area contributed by atoms with Crippen LogP contribution in [0.4, 0.5) is 5.82 Å². The summed E-state index contributed by atoms with van der Waals surface area (Å²) in [5.41, 5.74) is 7.27. The lowest BCUT2D eigenvalue weighted by Crippen LogP contribution is -2.15. The summed E-state index contributed by atoms with van der Waals surface area (Å²) in [6.45, 7) is 13.9. The minimum atomic E-state index is 0.0206. The van der Waals surface area contributed by atoms with Crippen LogP contribution in [-0.2, 0) is 12.0 Å². The highest BCUT2D eigenvalue weighted by Gasteiger charge is 2.25. The molecule has 0 atom stereocenters. The fraction of sp³-hybridized carbons (Fsp3) is 0.769. The van der Waals surface area contributed by atoms with Gasteiger partial charge in [0.05, 0.1) is 5.69 Å². The minimum absolute atomic E-state index is 0.0206. The number of hydrogen-bond donors (Lipinski definition) is 1. The molecule has 92 valence electrons. The molecule has 0 aromatic carbocycles. The van der Waals surface area contributed by atoms with Gasteiger partial charge in [-0.3, -0.25) is 0 Å². The molecule has 1 aromatic rings. The molecular formula is C13H25N3. The number of nitrogens with zero attached hydrogens (tertiary/aromatic N) is 2. The fourth-order valence-electron chi connectivity index (χ4n) is 1.93. The Hall–Kier alpha value is -0.990. The van der Waals surface area contributed by atoms with Crippen LogP contribution in [-0.4, -0.2) is 9.55 Å². The molecule has 0 fully saturated rings. The standard InChI is InChI=1S/C13H25N3/c1-7-8-16-11(14)10(13(4,5)6)15-12(16)9(2)3/h9H,7-8,14H2,1-6H3. The van der Waals surface area contributed by atoms with E-state index in [1.54, 1.807) is 0 Å². The third-order valence-electron chi connectivity index (χ3n) is 2.71. The fourth-order valence-corrected chi connectivity index (χ4v) is 1.93. The van der Waals surface area contributed by atoms with Gasteiger partial charge in [-0.2, -0.15) is 0 Å². The molecule has 0 aliphatic rings. The van der Waals surface area contributed by atoms with Crippen molar-refractivity contribution in [1.29, 1.82) is 0 Å². The first kappa shape index (κ1) is 13.1. The Balaban J connectivity index is 3.30. The Kier molecular flexibility index (Phi) is 3.66. The van der Waals surface area contributed by atoms with Crippen molar-refractivity contribution in [2.45, 2.75) is 65.8 Å². The maximum atomic E-state index is 6.21. The van der Waals surface area contributed by atoms with Gasteiger partial charge in [-0.25, -0.2) is 4.98 Å². The highest BCUT2D eigenvalue weighted by molar-refractivity contribution is 5.43. The maximum absolute atomic E-state index is 6.21. The molecule has 16 heavy (non-hydrogen) atoms. The summed E-state index contributed by atoms with van der Waals surface area (Å²) in [4.78, 5) is 4.74. The molecule has 0 saturated carbocycles. The molecule has 1 aromatic heterocycles. The molecule has 3 heteroatoms. The summed E-state index contributed by atoms with van der Waals surface area (Å²) in [6, 6.07) is 0. The molecule has 0 spiro atoms. The lowest BCUT2D eigenvalue weighted by Gasteiger charge is -2.16. The van der Waals surface area contributed by atoms with E-state index >= 15 is 0 Å². The zero-order valence-electron chi connectivity index (χ0n) is 11.5. The van der Waals surface area contributed by atoms with Gasteiger partial charge in [-0.15, -0.1) is 0 Å². The SMILES string of the molecule is CCCn1c(C(C)C)nc(C(C)(C)C)c1N. The third kappa shape index (κ3) is 2.39. The van der Waals surface area contributed by atoms with E-state index in [2.05, 4.69) is 46.1 Å². The van der Waals surface area contributed by atoms with E-state index in [1.165, 1.54) is 0 Å². The van der Waals surface area contributed by atoms with Gasteiger partial charge in [0.15, 0.2) is 0 Å². The Morgan fingerprint density at radius 1 is 1.31 bits per heavy atom. The van der Waals surface area contributed by atoms with Crippen LogP contribution in [0.1, 0.15) is 65.4 Å². The molecule has 0 saturated heterocycles. The molecule has 0 unspecified atom stereocenters. The number of rotatable bonds is 3. The van der Waals surface area contributed by atoms with Crippen LogP contribution >= 0.6 is 0 Å². The van der Waals surface area contributed by atoms with Crippen LogP contribution in [0.5, 0.6) is 0 Å². The van der Waals surface area contributed by atoms with Crippen molar-refractivity contribution in [1.82, 2.24) is 9.55 Å². The van der Waals surface area contributed by atoms with Gasteiger partial charge < -0.3 is 10.3 Å². The van der Waals surface area contributed by atoms with E-state index in [0.29, 0.717) is 5.92 Å². The summed E-state index contributed by atoms with van der Waals surface area (Å²) in [7, 11) is 0. The lowest BCUT2D eigenvalue weighted by molar-refractivity contribution is 0.571. The third-order valence-corrected chi connectivity index (χ3v) is 2.71. The van der Waals surface area contributed by atoms with Crippen LogP contribution in [0.25, 0.3) is 0 Å². The zero-order valence-corrected chi connectivity index (χ0v) is 11.5. The molecule has 0 bridgehead atoms. The summed E-state index contributed by atoms with van der Waals surface area (Å²) >= 11 is 0. The molecule has 1 rings (SSSR count). The normalized spacial score (nSPS) is 12.4. The van der Waals surface area contributed by atoms with E-state index in [9.17, 15) is 0 Å². The molecule has 0 radical (unpaired) electrons. The minimum Gasteiger partial charge on any atom is -0.384 e. The smallest absolute Gasteiger partial charge is 0.127 e. The van der Waals surface area contributed by atoms with Gasteiger partial charge in [-0.1, -0.05) is 41.5 Å². The predicted octanol–water partition coefficient (Wildman–Crippen LogP) is 3.30. The first-order valence-corrected chi connectivity index (χ1v) is 6.15. The number of anilines is 1. The molecule has 2 N–H and O–H groups in total. The van der Waals surface area contributed by atoms with Crippen LogP contribution in [0, 0.1) is 0 Å². The molecule has 0 amide bonds. The topological polar surface area (TPSA) is 43.8 Å². The largest absolute Gasteiger partial charge is 0.384 e. The second kappa shape index (κ2) is 4.48. The van der Waals surface area contributed by atoms with E-state index in [1.807, 2.05) is 0 Å². The van der Waals surface area contributed by atoms with Crippen LogP contribution in [0.3, 0.4) is 0 Å². The second-order valence-electron chi connectivity index (χ2n) is 5.76. The number of aromatic nitrogens is 2. The Morgan fingerprint density at radius 2 is 1.88 bits per heavy atom. The first-order valence-electron chi connectivity index (χ1n) is 6.15. The van der Waals surface area contributed by atoms with Gasteiger partial charge in [0.2, 0.25) is 0 Å². The highest BCUT2D eigenvalue weighted by atomic mass is 15.1. The molecule has 0 aliphatic carbocycles. The second-order valence-corrected chi connectivity index (χ2v) is 5.76. The van der Waals surface area contributed by atoms with Crippen molar-refractivity contribution >= 4 is 5.82 Å². The monoisotopic (exact) mass is 223 g/mol. The molecular weight excluding hydrogens is 198 g/mol. The van der Waals surface area contributed by atoms with E-state index in [4.69, 9.17) is 10.7 Å². The Bertz CT molecular complexity index is 356. The van der Waals surface area contributed by atoms with Gasteiger partial charge >= 0.3 is 0 Å². The van der Waals surface area contributed by atoms with Crippen molar-refractivity contribution in [2.75, 3.05) is 5.73 Å². The summed E-state index contributed by atoms with van der Waals surface area (Å²) in [6.07, 6.45) is 1.09. The van der Waals surface area contributed by atoms with Gasteiger partial charge in [0.25, 0.3) is 0 Å². The molecule has 1 heterocycles. The summed E-state index contributed by atoms with van der Waals surface area (Å²) in [5.74, 6) is 2.38. The van der Waals surface area contributed by atoms with E-state index in [0.717, 1.165) is 30.3 Å². The van der Waals surface area contributed by atoms with Crippen LogP contribution in [0.15, 0.2) is 0 Å². The number of nitrogen functional groups attached to an aromatic ring is 1. The zero-order chi connectivity index (χ0) is 12.5. The van der Waals surface area contributed by atoms with E-state index in [-0.39, 0.29) is 5.41 Å². The molecule has 0 aliphatic heterocycles. The highest BCUT2D eigenvalue weighted by Crippen LogP contribution is 2.30.